The Balaban J connectivity index is 2.29. The van der Waals surface area contributed by atoms with Crippen LogP contribution in [0.1, 0.15) is 54.8 Å². The SMILES string of the molecule is COC(=O)Cc1c(C(=O)OC)nnn1C1CCC(C)CC1. The molecule has 116 valence electrons. The number of nitrogens with zero attached hydrogens (tertiary/aromatic N) is 3. The molecule has 0 aliphatic heterocycles. The molecule has 0 N–H and O–H groups in total. The van der Waals surface area contributed by atoms with Crippen molar-refractivity contribution >= 4 is 11.9 Å². The van der Waals surface area contributed by atoms with E-state index in [-0.39, 0.29) is 18.2 Å². The fraction of sp³-hybridized carbons (Fsp3) is 0.714. The Kier molecular flexibility index (Phi) is 4.93. The van der Waals surface area contributed by atoms with Gasteiger partial charge in [0.2, 0.25) is 0 Å². The predicted molar refractivity (Wildman–Crippen MR) is 73.8 cm³/mol. The molecule has 0 bridgehead atoms. The molecular weight excluding hydrogens is 274 g/mol. The van der Waals surface area contributed by atoms with Crippen molar-refractivity contribution in [1.29, 1.82) is 0 Å². The maximum Gasteiger partial charge on any atom is 0.360 e. The summed E-state index contributed by atoms with van der Waals surface area (Å²) in [4.78, 5) is 23.3. The van der Waals surface area contributed by atoms with Gasteiger partial charge in [0.25, 0.3) is 0 Å². The summed E-state index contributed by atoms with van der Waals surface area (Å²) in [5.74, 6) is -0.300. The molecule has 0 atom stereocenters. The van der Waals surface area contributed by atoms with Gasteiger partial charge in [-0.15, -0.1) is 5.10 Å². The van der Waals surface area contributed by atoms with Crippen LogP contribution in [-0.4, -0.2) is 41.2 Å². The lowest BCUT2D eigenvalue weighted by atomic mass is 9.87. The largest absolute Gasteiger partial charge is 0.469 e. The van der Waals surface area contributed by atoms with Gasteiger partial charge >= 0.3 is 11.9 Å². The molecule has 0 radical (unpaired) electrons. The molecule has 2 rings (SSSR count). The summed E-state index contributed by atoms with van der Waals surface area (Å²) in [6, 6.07) is 0.173. The van der Waals surface area contributed by atoms with E-state index in [1.165, 1.54) is 14.2 Å². The molecule has 0 amide bonds. The van der Waals surface area contributed by atoms with Crippen molar-refractivity contribution in [3.05, 3.63) is 11.4 Å². The summed E-state index contributed by atoms with van der Waals surface area (Å²) in [7, 11) is 2.60. The van der Waals surface area contributed by atoms with Crippen LogP contribution in [-0.2, 0) is 20.7 Å². The molecule has 1 fully saturated rings. The minimum atomic E-state index is -0.579. The Labute approximate surface area is 123 Å². The number of hydrogen-bond donors (Lipinski definition) is 0. The van der Waals surface area contributed by atoms with Crippen LogP contribution in [0.15, 0.2) is 0 Å². The molecule has 7 nitrogen and oxygen atoms in total. The number of carbonyl (C=O) groups is 2. The van der Waals surface area contributed by atoms with E-state index in [9.17, 15) is 9.59 Å². The van der Waals surface area contributed by atoms with Crippen LogP contribution in [0, 0.1) is 5.92 Å². The van der Waals surface area contributed by atoms with Crippen molar-refractivity contribution < 1.29 is 19.1 Å². The van der Waals surface area contributed by atoms with Gasteiger partial charge in [0.15, 0.2) is 5.69 Å². The standard InChI is InChI=1S/C14H21N3O4/c1-9-4-6-10(7-5-9)17-11(8-12(18)20-2)13(15-16-17)14(19)21-3/h9-10H,4-8H2,1-3H3. The lowest BCUT2D eigenvalue weighted by molar-refractivity contribution is -0.139. The number of rotatable bonds is 4. The molecule has 1 aromatic rings. The number of carbonyl (C=O) groups excluding carboxylic acids is 2. The van der Waals surface area contributed by atoms with E-state index in [0.717, 1.165) is 25.7 Å². The summed E-state index contributed by atoms with van der Waals surface area (Å²) < 4.78 is 11.1. The topological polar surface area (TPSA) is 83.3 Å². The third-order valence-electron chi connectivity index (χ3n) is 4.04. The van der Waals surface area contributed by atoms with E-state index in [1.807, 2.05) is 0 Å². The third kappa shape index (κ3) is 3.40. The Morgan fingerprint density at radius 3 is 2.43 bits per heavy atom. The maximum absolute atomic E-state index is 11.8. The number of esters is 2. The molecule has 21 heavy (non-hydrogen) atoms. The lowest BCUT2D eigenvalue weighted by Crippen LogP contribution is -2.22. The molecule has 1 saturated carbocycles. The van der Waals surface area contributed by atoms with Crippen LogP contribution in [0.5, 0.6) is 0 Å². The van der Waals surface area contributed by atoms with E-state index in [0.29, 0.717) is 11.6 Å². The van der Waals surface area contributed by atoms with E-state index >= 15 is 0 Å². The molecule has 0 unspecified atom stereocenters. The monoisotopic (exact) mass is 295 g/mol. The van der Waals surface area contributed by atoms with Gasteiger partial charge in [-0.2, -0.15) is 0 Å². The fourth-order valence-corrected chi connectivity index (χ4v) is 2.72. The van der Waals surface area contributed by atoms with Crippen molar-refractivity contribution in [2.75, 3.05) is 14.2 Å². The summed E-state index contributed by atoms with van der Waals surface area (Å²) >= 11 is 0. The highest BCUT2D eigenvalue weighted by Crippen LogP contribution is 2.32. The van der Waals surface area contributed by atoms with Crippen LogP contribution in [0.25, 0.3) is 0 Å². The molecule has 1 aliphatic carbocycles. The first-order chi connectivity index (χ1) is 10.1. The smallest absolute Gasteiger partial charge is 0.360 e. The number of methoxy groups -OCH3 is 2. The fourth-order valence-electron chi connectivity index (χ4n) is 2.72. The summed E-state index contributed by atoms with van der Waals surface area (Å²) in [5, 5.41) is 7.98. The molecular formula is C14H21N3O4. The second-order valence-corrected chi connectivity index (χ2v) is 5.49. The Morgan fingerprint density at radius 1 is 1.19 bits per heavy atom. The Morgan fingerprint density at radius 2 is 1.86 bits per heavy atom. The maximum atomic E-state index is 11.8. The first-order valence-corrected chi connectivity index (χ1v) is 7.16. The van der Waals surface area contributed by atoms with Gasteiger partial charge in [-0.1, -0.05) is 12.1 Å². The zero-order valence-corrected chi connectivity index (χ0v) is 12.7. The van der Waals surface area contributed by atoms with Crippen LogP contribution in [0.4, 0.5) is 0 Å². The molecule has 1 aliphatic rings. The third-order valence-corrected chi connectivity index (χ3v) is 4.04. The average molecular weight is 295 g/mol. The second kappa shape index (κ2) is 6.69. The highest BCUT2D eigenvalue weighted by atomic mass is 16.5. The normalized spacial score (nSPS) is 21.9. The van der Waals surface area contributed by atoms with Crippen molar-refractivity contribution in [3.8, 4) is 0 Å². The van der Waals surface area contributed by atoms with E-state index in [2.05, 4.69) is 17.2 Å². The van der Waals surface area contributed by atoms with Gasteiger partial charge in [0.1, 0.15) is 0 Å². The molecule has 1 heterocycles. The average Bonchev–Trinajstić information content (AvgIpc) is 2.90. The second-order valence-electron chi connectivity index (χ2n) is 5.49. The number of hydrogen-bond acceptors (Lipinski definition) is 6. The van der Waals surface area contributed by atoms with E-state index < -0.39 is 11.9 Å². The van der Waals surface area contributed by atoms with Crippen molar-refractivity contribution in [3.63, 3.8) is 0 Å². The highest BCUT2D eigenvalue weighted by Gasteiger charge is 2.28. The molecule has 1 aromatic heterocycles. The minimum Gasteiger partial charge on any atom is -0.469 e. The summed E-state index contributed by atoms with van der Waals surface area (Å²) in [6.45, 7) is 2.23. The van der Waals surface area contributed by atoms with Crippen molar-refractivity contribution in [2.45, 2.75) is 45.1 Å². The molecule has 0 saturated heterocycles. The van der Waals surface area contributed by atoms with Crippen LogP contribution >= 0.6 is 0 Å². The zero-order chi connectivity index (χ0) is 15.4. The lowest BCUT2D eigenvalue weighted by Gasteiger charge is -2.27. The van der Waals surface area contributed by atoms with Gasteiger partial charge in [-0.05, 0) is 31.6 Å². The minimum absolute atomic E-state index is 0.0278. The zero-order valence-electron chi connectivity index (χ0n) is 12.7. The van der Waals surface area contributed by atoms with Gasteiger partial charge in [0.05, 0.1) is 32.4 Å². The first kappa shape index (κ1) is 15.5. The van der Waals surface area contributed by atoms with Crippen LogP contribution < -0.4 is 0 Å². The summed E-state index contributed by atoms with van der Waals surface area (Å²) in [6.07, 6.45) is 4.13. The Hall–Kier alpha value is -1.92. The van der Waals surface area contributed by atoms with E-state index in [1.54, 1.807) is 4.68 Å². The van der Waals surface area contributed by atoms with Gasteiger partial charge in [-0.3, -0.25) is 4.79 Å². The van der Waals surface area contributed by atoms with Crippen molar-refractivity contribution in [2.24, 2.45) is 5.92 Å². The predicted octanol–water partition coefficient (Wildman–Crippen LogP) is 1.53. The van der Waals surface area contributed by atoms with Gasteiger partial charge in [0, 0.05) is 0 Å². The molecule has 0 aromatic carbocycles. The van der Waals surface area contributed by atoms with Gasteiger partial charge < -0.3 is 9.47 Å². The first-order valence-electron chi connectivity index (χ1n) is 7.16. The number of aromatic nitrogens is 3. The van der Waals surface area contributed by atoms with E-state index in [4.69, 9.17) is 9.47 Å². The quantitative estimate of drug-likeness (QED) is 0.783. The highest BCUT2D eigenvalue weighted by molar-refractivity contribution is 5.89. The summed E-state index contributed by atoms with van der Waals surface area (Å²) in [5.41, 5.74) is 0.578. The van der Waals surface area contributed by atoms with Crippen LogP contribution in [0.3, 0.4) is 0 Å². The van der Waals surface area contributed by atoms with Crippen LogP contribution in [0.2, 0.25) is 0 Å². The van der Waals surface area contributed by atoms with Gasteiger partial charge in [-0.25, -0.2) is 9.48 Å². The molecule has 7 heteroatoms. The Bertz CT molecular complexity index is 518. The molecule has 0 spiro atoms. The van der Waals surface area contributed by atoms with Crippen molar-refractivity contribution in [1.82, 2.24) is 15.0 Å². The number of ether oxygens (including phenoxy) is 2.